The second-order valence-corrected chi connectivity index (χ2v) is 9.45. The summed E-state index contributed by atoms with van der Waals surface area (Å²) in [5.41, 5.74) is 0.995. The second-order valence-electron chi connectivity index (χ2n) is 6.12. The van der Waals surface area contributed by atoms with E-state index in [4.69, 9.17) is 0 Å². The first-order chi connectivity index (χ1) is 12.9. The molecule has 0 atom stereocenters. The molecule has 0 radical (unpaired) electrons. The summed E-state index contributed by atoms with van der Waals surface area (Å²) in [6.07, 6.45) is 1.81. The summed E-state index contributed by atoms with van der Waals surface area (Å²) < 4.78 is 29.2. The van der Waals surface area contributed by atoms with Crippen molar-refractivity contribution in [2.75, 3.05) is 32.4 Å². The van der Waals surface area contributed by atoms with E-state index in [1.165, 1.54) is 23.1 Å². The number of sulfonamides is 1. The maximum atomic E-state index is 12.6. The standard InChI is InChI=1S/C18H21N3O3S3/c1-14-5-7-15(8-6-14)27(23,24)19-18(25-2)21-11-9-20(10-12-21)17(22)16-4-3-13-26-16/h3-8,13H,9-12H2,1-2H3/b19-18-. The van der Waals surface area contributed by atoms with E-state index in [2.05, 4.69) is 4.40 Å². The Morgan fingerprint density at radius 3 is 2.26 bits per heavy atom. The van der Waals surface area contributed by atoms with E-state index in [1.54, 1.807) is 29.2 Å². The van der Waals surface area contributed by atoms with Gasteiger partial charge in [0.2, 0.25) is 0 Å². The minimum atomic E-state index is -3.76. The predicted molar refractivity (Wildman–Crippen MR) is 111 cm³/mol. The van der Waals surface area contributed by atoms with Gasteiger partial charge in [0, 0.05) is 26.2 Å². The minimum Gasteiger partial charge on any atom is -0.347 e. The highest BCUT2D eigenvalue weighted by molar-refractivity contribution is 8.13. The fourth-order valence-corrected chi connectivity index (χ4v) is 5.38. The summed E-state index contributed by atoms with van der Waals surface area (Å²) in [5.74, 6) is 0.0274. The number of carbonyl (C=O) groups is 1. The average molecular weight is 424 g/mol. The zero-order valence-corrected chi connectivity index (χ0v) is 17.6. The number of nitrogens with zero attached hydrogens (tertiary/aromatic N) is 3. The number of hydrogen-bond donors (Lipinski definition) is 0. The molecule has 1 aliphatic heterocycles. The molecule has 27 heavy (non-hydrogen) atoms. The topological polar surface area (TPSA) is 70.1 Å². The highest BCUT2D eigenvalue weighted by Gasteiger charge is 2.25. The Morgan fingerprint density at radius 2 is 1.70 bits per heavy atom. The van der Waals surface area contributed by atoms with Crippen molar-refractivity contribution in [3.8, 4) is 0 Å². The van der Waals surface area contributed by atoms with Crippen LogP contribution in [0.5, 0.6) is 0 Å². The predicted octanol–water partition coefficient (Wildman–Crippen LogP) is 2.92. The van der Waals surface area contributed by atoms with Crippen molar-refractivity contribution < 1.29 is 13.2 Å². The van der Waals surface area contributed by atoms with Gasteiger partial charge in [-0.15, -0.1) is 15.7 Å². The SMILES string of the molecule is CS/C(=N\S(=O)(=O)c1ccc(C)cc1)N1CCN(C(=O)c2cccs2)CC1. The molecular weight excluding hydrogens is 402 g/mol. The molecule has 2 heterocycles. The lowest BCUT2D eigenvalue weighted by molar-refractivity contribution is 0.0698. The van der Waals surface area contributed by atoms with Crippen LogP contribution in [0.25, 0.3) is 0 Å². The van der Waals surface area contributed by atoms with Crippen molar-refractivity contribution in [2.24, 2.45) is 4.40 Å². The van der Waals surface area contributed by atoms with Gasteiger partial charge in [-0.05, 0) is 36.8 Å². The fraction of sp³-hybridized carbons (Fsp3) is 0.333. The molecule has 144 valence electrons. The Balaban J connectivity index is 1.70. The molecule has 1 aromatic heterocycles. The molecule has 2 aromatic rings. The van der Waals surface area contributed by atoms with Gasteiger partial charge in [-0.3, -0.25) is 4.79 Å². The number of hydrogen-bond acceptors (Lipinski definition) is 5. The Labute approximate surface area is 168 Å². The summed E-state index contributed by atoms with van der Waals surface area (Å²) in [5, 5.41) is 2.34. The van der Waals surface area contributed by atoms with Crippen LogP contribution in [0, 0.1) is 6.92 Å². The number of thioether (sulfide) groups is 1. The molecule has 1 fully saturated rings. The van der Waals surface area contributed by atoms with Crippen molar-refractivity contribution in [3.63, 3.8) is 0 Å². The molecule has 1 saturated heterocycles. The number of amidine groups is 1. The first-order valence-electron chi connectivity index (χ1n) is 8.44. The third-order valence-corrected chi connectivity index (χ3v) is 7.24. The van der Waals surface area contributed by atoms with Gasteiger partial charge in [-0.1, -0.05) is 35.5 Å². The largest absolute Gasteiger partial charge is 0.347 e. The average Bonchev–Trinajstić information content (AvgIpc) is 3.21. The monoisotopic (exact) mass is 423 g/mol. The summed E-state index contributed by atoms with van der Waals surface area (Å²) in [7, 11) is -3.76. The van der Waals surface area contributed by atoms with Gasteiger partial charge in [-0.25, -0.2) is 0 Å². The number of benzene rings is 1. The van der Waals surface area contributed by atoms with Crippen LogP contribution in [0.3, 0.4) is 0 Å². The third-order valence-electron chi connectivity index (χ3n) is 4.27. The zero-order valence-electron chi connectivity index (χ0n) is 15.2. The molecule has 1 aromatic carbocycles. The Bertz CT molecular complexity index is 915. The lowest BCUT2D eigenvalue weighted by Crippen LogP contribution is -2.50. The van der Waals surface area contributed by atoms with Crippen LogP contribution in [0.2, 0.25) is 0 Å². The van der Waals surface area contributed by atoms with Crippen molar-refractivity contribution in [2.45, 2.75) is 11.8 Å². The lowest BCUT2D eigenvalue weighted by atomic mass is 10.2. The number of piperazine rings is 1. The van der Waals surface area contributed by atoms with E-state index < -0.39 is 10.0 Å². The number of amides is 1. The van der Waals surface area contributed by atoms with E-state index in [1.807, 2.05) is 35.6 Å². The van der Waals surface area contributed by atoms with Crippen molar-refractivity contribution >= 4 is 44.2 Å². The molecule has 9 heteroatoms. The van der Waals surface area contributed by atoms with Gasteiger partial charge < -0.3 is 9.80 Å². The second kappa shape index (κ2) is 8.45. The van der Waals surface area contributed by atoms with Gasteiger partial charge in [0.1, 0.15) is 0 Å². The molecule has 1 amide bonds. The van der Waals surface area contributed by atoms with E-state index >= 15 is 0 Å². The van der Waals surface area contributed by atoms with Gasteiger partial charge in [0.15, 0.2) is 5.17 Å². The van der Waals surface area contributed by atoms with Crippen molar-refractivity contribution in [3.05, 3.63) is 52.2 Å². The Hall–Kier alpha value is -1.84. The van der Waals surface area contributed by atoms with Crippen molar-refractivity contribution in [1.82, 2.24) is 9.80 Å². The zero-order chi connectivity index (χ0) is 19.4. The number of carbonyl (C=O) groups excluding carboxylic acids is 1. The van der Waals surface area contributed by atoms with Crippen LogP contribution in [0.15, 0.2) is 51.1 Å². The molecule has 0 spiro atoms. The van der Waals surface area contributed by atoms with Gasteiger partial charge in [0.25, 0.3) is 15.9 Å². The maximum absolute atomic E-state index is 12.6. The first-order valence-corrected chi connectivity index (χ1v) is 12.0. The summed E-state index contributed by atoms with van der Waals surface area (Å²) >= 11 is 2.73. The lowest BCUT2D eigenvalue weighted by Gasteiger charge is -2.35. The van der Waals surface area contributed by atoms with Gasteiger partial charge in [0.05, 0.1) is 9.77 Å². The summed E-state index contributed by atoms with van der Waals surface area (Å²) in [6, 6.07) is 10.4. The molecule has 6 nitrogen and oxygen atoms in total. The smallest absolute Gasteiger partial charge is 0.284 e. The van der Waals surface area contributed by atoms with Crippen LogP contribution < -0.4 is 0 Å². The molecule has 0 aliphatic carbocycles. The van der Waals surface area contributed by atoms with Crippen molar-refractivity contribution in [1.29, 1.82) is 0 Å². The summed E-state index contributed by atoms with van der Waals surface area (Å²) in [6.45, 7) is 4.10. The molecule has 3 rings (SSSR count). The first kappa shape index (κ1) is 19.9. The van der Waals surface area contributed by atoms with E-state index in [9.17, 15) is 13.2 Å². The highest BCUT2D eigenvalue weighted by atomic mass is 32.2. The molecule has 0 bridgehead atoms. The number of rotatable bonds is 3. The van der Waals surface area contributed by atoms with E-state index in [0.29, 0.717) is 31.3 Å². The van der Waals surface area contributed by atoms with Gasteiger partial charge in [-0.2, -0.15) is 8.42 Å². The van der Waals surface area contributed by atoms with Crippen LogP contribution in [-0.4, -0.2) is 61.7 Å². The molecule has 1 aliphatic rings. The van der Waals surface area contributed by atoms with Crippen LogP contribution in [0.4, 0.5) is 0 Å². The Kier molecular flexibility index (Phi) is 6.23. The van der Waals surface area contributed by atoms with Crippen LogP contribution in [0.1, 0.15) is 15.2 Å². The van der Waals surface area contributed by atoms with E-state index in [0.717, 1.165) is 10.4 Å². The highest BCUT2D eigenvalue weighted by Crippen LogP contribution is 2.19. The normalized spacial score (nSPS) is 15.9. The maximum Gasteiger partial charge on any atom is 0.284 e. The molecule has 0 unspecified atom stereocenters. The van der Waals surface area contributed by atoms with Gasteiger partial charge >= 0.3 is 0 Å². The number of thiophene rings is 1. The minimum absolute atomic E-state index is 0.0274. The number of aryl methyl sites for hydroxylation is 1. The van der Waals surface area contributed by atoms with E-state index in [-0.39, 0.29) is 10.8 Å². The molecular formula is C18H21N3O3S3. The van der Waals surface area contributed by atoms with Crippen LogP contribution >= 0.6 is 23.1 Å². The molecule has 0 saturated carbocycles. The Morgan fingerprint density at radius 1 is 1.07 bits per heavy atom. The quantitative estimate of drug-likeness (QED) is 0.561. The fourth-order valence-electron chi connectivity index (χ4n) is 2.75. The third kappa shape index (κ3) is 4.72. The molecule has 0 N–H and O–H groups in total. The summed E-state index contributed by atoms with van der Waals surface area (Å²) in [4.78, 5) is 17.1. The van der Waals surface area contributed by atoms with Crippen LogP contribution in [-0.2, 0) is 10.0 Å².